The number of anilines is 1. The van der Waals surface area contributed by atoms with Crippen LogP contribution in [0.2, 0.25) is 5.02 Å². The number of aldehydes is 1. The molecular formula is C17H22ClNO5. The van der Waals surface area contributed by atoms with Gasteiger partial charge in [0.25, 0.3) is 0 Å². The maximum Gasteiger partial charge on any atom is 0.424 e. The van der Waals surface area contributed by atoms with Crippen LogP contribution in [-0.4, -0.2) is 29.7 Å². The Labute approximate surface area is 146 Å². The van der Waals surface area contributed by atoms with Crippen LogP contribution >= 0.6 is 11.6 Å². The van der Waals surface area contributed by atoms with Crippen molar-refractivity contribution >= 4 is 35.8 Å². The summed E-state index contributed by atoms with van der Waals surface area (Å²) in [6, 6.07) is 4.18. The zero-order valence-corrected chi connectivity index (χ0v) is 15.4. The molecule has 0 heterocycles. The lowest BCUT2D eigenvalue weighted by Gasteiger charge is -2.28. The van der Waals surface area contributed by atoms with Crippen LogP contribution < -0.4 is 4.90 Å². The van der Waals surface area contributed by atoms with E-state index in [1.54, 1.807) is 41.5 Å². The summed E-state index contributed by atoms with van der Waals surface area (Å²) in [5.74, 6) is 0. The van der Waals surface area contributed by atoms with E-state index in [1.807, 2.05) is 0 Å². The molecule has 0 spiro atoms. The van der Waals surface area contributed by atoms with Gasteiger partial charge in [-0.1, -0.05) is 11.6 Å². The number of hydrogen-bond donors (Lipinski definition) is 0. The molecule has 1 aromatic carbocycles. The Morgan fingerprint density at radius 3 is 1.83 bits per heavy atom. The predicted octanol–water partition coefficient (Wildman–Crippen LogP) is 4.83. The molecule has 1 rings (SSSR count). The minimum atomic E-state index is -0.907. The zero-order chi connectivity index (χ0) is 18.7. The Balaban J connectivity index is 3.30. The summed E-state index contributed by atoms with van der Waals surface area (Å²) >= 11 is 5.89. The number of halogens is 1. The third-order valence-corrected chi connectivity index (χ3v) is 2.86. The van der Waals surface area contributed by atoms with Crippen LogP contribution in [0.3, 0.4) is 0 Å². The highest BCUT2D eigenvalue weighted by Crippen LogP contribution is 2.25. The van der Waals surface area contributed by atoms with Crippen molar-refractivity contribution in [1.82, 2.24) is 0 Å². The highest BCUT2D eigenvalue weighted by molar-refractivity contribution is 6.33. The van der Waals surface area contributed by atoms with Gasteiger partial charge in [0.15, 0.2) is 6.29 Å². The molecule has 2 amide bonds. The van der Waals surface area contributed by atoms with Crippen molar-refractivity contribution in [3.63, 3.8) is 0 Å². The lowest BCUT2D eigenvalue weighted by molar-refractivity contribution is 0.0430. The highest BCUT2D eigenvalue weighted by Gasteiger charge is 2.32. The van der Waals surface area contributed by atoms with Crippen molar-refractivity contribution in [2.45, 2.75) is 52.7 Å². The summed E-state index contributed by atoms with van der Waals surface area (Å²) < 4.78 is 10.5. The van der Waals surface area contributed by atoms with E-state index in [0.717, 1.165) is 4.90 Å². The van der Waals surface area contributed by atoms with Crippen LogP contribution in [0.15, 0.2) is 18.2 Å². The second-order valence-electron chi connectivity index (χ2n) is 7.12. The first-order valence-corrected chi connectivity index (χ1v) is 7.72. The normalized spacial score (nSPS) is 11.6. The lowest BCUT2D eigenvalue weighted by atomic mass is 10.2. The highest BCUT2D eigenvalue weighted by atomic mass is 35.5. The molecule has 0 radical (unpaired) electrons. The van der Waals surface area contributed by atoms with Crippen LogP contribution in [0.4, 0.5) is 15.3 Å². The molecule has 24 heavy (non-hydrogen) atoms. The summed E-state index contributed by atoms with van der Waals surface area (Å²) in [5.41, 5.74) is -1.34. The standard InChI is InChI=1S/C17H22ClNO5/c1-16(2,3)23-14(21)19(15(22)24-17(4,5)6)12-7-8-13(18)11(9-12)10-20/h7-10H,1-6H3. The average molecular weight is 356 g/mol. The van der Waals surface area contributed by atoms with E-state index in [9.17, 15) is 14.4 Å². The van der Waals surface area contributed by atoms with Crippen LogP contribution in [0.5, 0.6) is 0 Å². The van der Waals surface area contributed by atoms with E-state index >= 15 is 0 Å². The summed E-state index contributed by atoms with van der Waals surface area (Å²) in [6.07, 6.45) is -1.28. The molecule has 0 unspecified atom stereocenters. The van der Waals surface area contributed by atoms with E-state index in [-0.39, 0.29) is 16.3 Å². The quantitative estimate of drug-likeness (QED) is 0.710. The molecule has 0 N–H and O–H groups in total. The fourth-order valence-corrected chi connectivity index (χ4v) is 1.82. The van der Waals surface area contributed by atoms with Gasteiger partial charge in [0.05, 0.1) is 10.7 Å². The molecule has 0 bridgehead atoms. The van der Waals surface area contributed by atoms with Gasteiger partial charge in [-0.25, -0.2) is 9.59 Å². The number of ether oxygens (including phenoxy) is 2. The van der Waals surface area contributed by atoms with Crippen molar-refractivity contribution in [1.29, 1.82) is 0 Å². The number of carbonyl (C=O) groups excluding carboxylic acids is 3. The second-order valence-corrected chi connectivity index (χ2v) is 7.53. The molecule has 0 aliphatic heterocycles. The first-order chi connectivity index (χ1) is 10.8. The Morgan fingerprint density at radius 1 is 1.00 bits per heavy atom. The van der Waals surface area contributed by atoms with Gasteiger partial charge in [-0.3, -0.25) is 4.79 Å². The third kappa shape index (κ3) is 5.85. The number of imide groups is 1. The first kappa shape index (κ1) is 20.0. The van der Waals surface area contributed by atoms with Crippen molar-refractivity contribution in [3.05, 3.63) is 28.8 Å². The number of amides is 2. The molecule has 7 heteroatoms. The van der Waals surface area contributed by atoms with Crippen LogP contribution in [-0.2, 0) is 9.47 Å². The Kier molecular flexibility index (Phi) is 6.00. The third-order valence-electron chi connectivity index (χ3n) is 2.52. The molecule has 0 atom stereocenters. The van der Waals surface area contributed by atoms with Gasteiger partial charge in [-0.2, -0.15) is 4.90 Å². The largest absolute Gasteiger partial charge is 0.443 e. The number of hydrogen-bond acceptors (Lipinski definition) is 5. The number of carbonyl (C=O) groups is 3. The summed E-state index contributed by atoms with van der Waals surface area (Å²) in [4.78, 5) is 36.7. The summed E-state index contributed by atoms with van der Waals surface area (Å²) in [7, 11) is 0. The molecular weight excluding hydrogens is 334 g/mol. The predicted molar refractivity (Wildman–Crippen MR) is 91.8 cm³/mol. The number of rotatable bonds is 2. The van der Waals surface area contributed by atoms with Crippen molar-refractivity contribution in [2.75, 3.05) is 4.90 Å². The SMILES string of the molecule is CC(C)(C)OC(=O)N(C(=O)OC(C)(C)C)c1ccc(Cl)c(C=O)c1. The Bertz CT molecular complexity index is 615. The molecule has 132 valence electrons. The smallest absolute Gasteiger partial charge is 0.424 e. The molecule has 6 nitrogen and oxygen atoms in total. The second kappa shape index (κ2) is 7.21. The number of nitrogens with zero attached hydrogens (tertiary/aromatic N) is 1. The number of benzene rings is 1. The van der Waals surface area contributed by atoms with Crippen LogP contribution in [0.1, 0.15) is 51.9 Å². The first-order valence-electron chi connectivity index (χ1n) is 7.35. The monoisotopic (exact) mass is 355 g/mol. The molecule has 0 saturated carbocycles. The van der Waals surface area contributed by atoms with E-state index in [4.69, 9.17) is 21.1 Å². The van der Waals surface area contributed by atoms with Crippen LogP contribution in [0, 0.1) is 0 Å². The Hall–Kier alpha value is -2.08. The van der Waals surface area contributed by atoms with E-state index in [2.05, 4.69) is 0 Å². The summed E-state index contributed by atoms with van der Waals surface area (Å²) in [5, 5.41) is 0.210. The van der Waals surface area contributed by atoms with E-state index in [1.165, 1.54) is 18.2 Å². The minimum absolute atomic E-state index is 0.130. The van der Waals surface area contributed by atoms with Crippen molar-refractivity contribution < 1.29 is 23.9 Å². The lowest BCUT2D eigenvalue weighted by Crippen LogP contribution is -2.43. The molecule has 0 saturated heterocycles. The van der Waals surface area contributed by atoms with Crippen LogP contribution in [0.25, 0.3) is 0 Å². The van der Waals surface area contributed by atoms with Gasteiger partial charge in [0, 0.05) is 5.56 Å². The zero-order valence-electron chi connectivity index (χ0n) is 14.7. The van der Waals surface area contributed by atoms with Gasteiger partial charge in [-0.15, -0.1) is 0 Å². The maximum atomic E-state index is 12.5. The van der Waals surface area contributed by atoms with Gasteiger partial charge in [-0.05, 0) is 59.7 Å². The molecule has 1 aromatic rings. The topological polar surface area (TPSA) is 72.9 Å². The average Bonchev–Trinajstić information content (AvgIpc) is 2.36. The van der Waals surface area contributed by atoms with Gasteiger partial charge < -0.3 is 9.47 Å². The molecule has 0 aromatic heterocycles. The minimum Gasteiger partial charge on any atom is -0.443 e. The van der Waals surface area contributed by atoms with E-state index < -0.39 is 23.4 Å². The Morgan fingerprint density at radius 2 is 1.46 bits per heavy atom. The fourth-order valence-electron chi connectivity index (χ4n) is 1.66. The fraction of sp³-hybridized carbons (Fsp3) is 0.471. The molecule has 0 aliphatic carbocycles. The van der Waals surface area contributed by atoms with Gasteiger partial charge in [0.2, 0.25) is 0 Å². The maximum absolute atomic E-state index is 12.5. The van der Waals surface area contributed by atoms with Gasteiger partial charge in [0.1, 0.15) is 11.2 Å². The molecule has 0 fully saturated rings. The van der Waals surface area contributed by atoms with Gasteiger partial charge >= 0.3 is 12.2 Å². The van der Waals surface area contributed by atoms with Crippen molar-refractivity contribution in [3.8, 4) is 0 Å². The summed E-state index contributed by atoms with van der Waals surface area (Å²) in [6.45, 7) is 10.1. The van der Waals surface area contributed by atoms with Crippen molar-refractivity contribution in [2.24, 2.45) is 0 Å². The van der Waals surface area contributed by atoms with E-state index in [0.29, 0.717) is 6.29 Å². The molecule has 0 aliphatic rings.